The van der Waals surface area contributed by atoms with E-state index in [1.54, 1.807) is 48.6 Å². The minimum Gasteiger partial charge on any atom is -0.473 e. The van der Waals surface area contributed by atoms with Crippen molar-refractivity contribution in [2.75, 3.05) is 5.32 Å². The van der Waals surface area contributed by atoms with Gasteiger partial charge in [-0.25, -0.2) is 15.0 Å². The fourth-order valence-corrected chi connectivity index (χ4v) is 5.17. The molecule has 0 saturated heterocycles. The van der Waals surface area contributed by atoms with Gasteiger partial charge in [0.05, 0.1) is 23.2 Å². The Morgan fingerprint density at radius 2 is 1.50 bits per heavy atom. The van der Waals surface area contributed by atoms with Crippen molar-refractivity contribution < 1.29 is 4.74 Å². The first kappa shape index (κ1) is 28.7. The largest absolute Gasteiger partial charge is 0.473 e. The van der Waals surface area contributed by atoms with Crippen LogP contribution in [0.1, 0.15) is 49.2 Å². The predicted octanol–water partition coefficient (Wildman–Crippen LogP) is 5.64. The summed E-state index contributed by atoms with van der Waals surface area (Å²) in [5, 5.41) is 5.04. The van der Waals surface area contributed by atoms with Gasteiger partial charge >= 0.3 is 0 Å². The maximum Gasteiger partial charge on any atom is 0.258 e. The molecule has 0 aliphatic heterocycles. The van der Waals surface area contributed by atoms with Crippen molar-refractivity contribution in [3.8, 4) is 28.7 Å². The number of benzene rings is 1. The fourth-order valence-electron chi connectivity index (χ4n) is 5.17. The third-order valence-electron chi connectivity index (χ3n) is 7.39. The third kappa shape index (κ3) is 5.42. The van der Waals surface area contributed by atoms with Gasteiger partial charge in [0.15, 0.2) is 5.82 Å². The van der Waals surface area contributed by atoms with E-state index in [0.717, 1.165) is 27.9 Å². The average molecular weight is 565 g/mol. The topological polar surface area (TPSA) is 104 Å². The average Bonchev–Trinajstić information content (AvgIpc) is 2.95. The Labute approximate surface area is 244 Å². The summed E-state index contributed by atoms with van der Waals surface area (Å²) in [6.07, 6.45) is 3.36. The van der Waals surface area contributed by atoms with Gasteiger partial charge in [0, 0.05) is 54.7 Å². The first-order valence-electron chi connectivity index (χ1n) is 14.0. The molecule has 1 aromatic carbocycles. The maximum absolute atomic E-state index is 13.7. The van der Waals surface area contributed by atoms with E-state index in [1.165, 1.54) is 0 Å². The molecule has 42 heavy (non-hydrogen) atoms. The smallest absolute Gasteiger partial charge is 0.258 e. The standard InChI is InChI=1S/C33H36N6O3/c1-18(2)42-31-27(11-10-21(5)36-31)37-22(6)24-13-19(3)14-26-25(24)15-29(39(8)33(26)41)23-16-34-30(35-17-23)28-12-9-20(4)32(40)38(28)7/h9-18,22,37H,1-8H3. The van der Waals surface area contributed by atoms with E-state index in [1.807, 2.05) is 58.0 Å². The zero-order chi connectivity index (χ0) is 30.3. The zero-order valence-corrected chi connectivity index (χ0v) is 25.3. The van der Waals surface area contributed by atoms with E-state index >= 15 is 0 Å². The van der Waals surface area contributed by atoms with Crippen LogP contribution in [0, 0.1) is 20.8 Å². The maximum atomic E-state index is 13.7. The van der Waals surface area contributed by atoms with Crippen molar-refractivity contribution in [1.29, 1.82) is 0 Å². The Balaban J connectivity index is 1.58. The molecule has 4 heterocycles. The lowest BCUT2D eigenvalue weighted by atomic mass is 9.96. The van der Waals surface area contributed by atoms with Crippen LogP contribution < -0.4 is 21.2 Å². The summed E-state index contributed by atoms with van der Waals surface area (Å²) in [5.74, 6) is 0.984. The molecular weight excluding hydrogens is 528 g/mol. The monoisotopic (exact) mass is 564 g/mol. The lowest BCUT2D eigenvalue weighted by molar-refractivity contribution is 0.233. The van der Waals surface area contributed by atoms with Gasteiger partial charge in [-0.2, -0.15) is 0 Å². The molecule has 9 nitrogen and oxygen atoms in total. The Bertz CT molecular complexity index is 1920. The number of fused-ring (bicyclic) bond motifs is 1. The number of rotatable bonds is 7. The van der Waals surface area contributed by atoms with Crippen LogP contribution in [0.5, 0.6) is 5.88 Å². The number of aromatic nitrogens is 5. The van der Waals surface area contributed by atoms with Crippen LogP contribution >= 0.6 is 0 Å². The second-order valence-electron chi connectivity index (χ2n) is 11.1. The van der Waals surface area contributed by atoms with Crippen molar-refractivity contribution in [2.45, 2.75) is 53.7 Å². The number of nitrogens with zero attached hydrogens (tertiary/aromatic N) is 5. The Kier molecular flexibility index (Phi) is 7.69. The van der Waals surface area contributed by atoms with Gasteiger partial charge in [-0.3, -0.25) is 9.59 Å². The predicted molar refractivity (Wildman–Crippen MR) is 167 cm³/mol. The van der Waals surface area contributed by atoms with Gasteiger partial charge in [0.2, 0.25) is 5.88 Å². The van der Waals surface area contributed by atoms with Gasteiger partial charge in [-0.05, 0) is 88.4 Å². The minimum absolute atomic E-state index is 0.0231. The normalized spacial score (nSPS) is 12.1. The number of pyridine rings is 3. The summed E-state index contributed by atoms with van der Waals surface area (Å²) in [6.45, 7) is 11.7. The first-order valence-corrected chi connectivity index (χ1v) is 14.0. The van der Waals surface area contributed by atoms with Gasteiger partial charge in [0.25, 0.3) is 11.1 Å². The van der Waals surface area contributed by atoms with Crippen molar-refractivity contribution in [1.82, 2.24) is 24.1 Å². The van der Waals surface area contributed by atoms with E-state index in [0.29, 0.717) is 39.6 Å². The van der Waals surface area contributed by atoms with E-state index < -0.39 is 0 Å². The second-order valence-corrected chi connectivity index (χ2v) is 11.1. The van der Waals surface area contributed by atoms with E-state index in [9.17, 15) is 9.59 Å². The molecule has 216 valence electrons. The van der Waals surface area contributed by atoms with Crippen LogP contribution in [-0.2, 0) is 14.1 Å². The van der Waals surface area contributed by atoms with Crippen molar-refractivity contribution in [3.63, 3.8) is 0 Å². The molecule has 5 aromatic rings. The molecule has 0 fully saturated rings. The first-order chi connectivity index (χ1) is 19.9. The lowest BCUT2D eigenvalue weighted by Gasteiger charge is -2.22. The molecule has 0 saturated carbocycles. The Morgan fingerprint density at radius 3 is 2.19 bits per heavy atom. The lowest BCUT2D eigenvalue weighted by Crippen LogP contribution is -2.21. The number of hydrogen-bond acceptors (Lipinski definition) is 7. The van der Waals surface area contributed by atoms with Gasteiger partial charge in [0.1, 0.15) is 0 Å². The second kappa shape index (κ2) is 11.2. The highest BCUT2D eigenvalue weighted by molar-refractivity contribution is 5.89. The molecule has 0 aliphatic rings. The molecule has 1 N–H and O–H groups in total. The molecule has 9 heteroatoms. The highest BCUT2D eigenvalue weighted by Crippen LogP contribution is 2.33. The number of aryl methyl sites for hydroxylation is 3. The van der Waals surface area contributed by atoms with Crippen molar-refractivity contribution >= 4 is 16.5 Å². The van der Waals surface area contributed by atoms with Crippen LogP contribution in [0.15, 0.2) is 64.4 Å². The molecule has 1 atom stereocenters. The molecule has 0 amide bonds. The summed E-state index contributed by atoms with van der Waals surface area (Å²) >= 11 is 0. The van der Waals surface area contributed by atoms with Crippen LogP contribution in [0.25, 0.3) is 33.5 Å². The van der Waals surface area contributed by atoms with Crippen LogP contribution in [0.4, 0.5) is 5.69 Å². The third-order valence-corrected chi connectivity index (χ3v) is 7.39. The molecule has 0 spiro atoms. The number of hydrogen-bond donors (Lipinski definition) is 1. The summed E-state index contributed by atoms with van der Waals surface area (Å²) in [4.78, 5) is 39.8. The molecule has 0 aliphatic carbocycles. The van der Waals surface area contributed by atoms with Crippen LogP contribution in [-0.4, -0.2) is 30.2 Å². The van der Waals surface area contributed by atoms with Gasteiger partial charge < -0.3 is 19.2 Å². The fraction of sp³-hybridized carbons (Fsp3) is 0.303. The number of anilines is 1. The quantitative estimate of drug-likeness (QED) is 0.273. The summed E-state index contributed by atoms with van der Waals surface area (Å²) in [5.41, 5.74) is 6.09. The van der Waals surface area contributed by atoms with Gasteiger partial charge in [-0.15, -0.1) is 0 Å². The molecule has 5 rings (SSSR count). The number of nitrogens with one attached hydrogen (secondary N) is 1. The molecular formula is C33H36N6O3. The summed E-state index contributed by atoms with van der Waals surface area (Å²) in [6, 6.07) is 13.4. The van der Waals surface area contributed by atoms with Crippen LogP contribution in [0.2, 0.25) is 0 Å². The molecule has 0 bridgehead atoms. The Morgan fingerprint density at radius 1 is 0.810 bits per heavy atom. The zero-order valence-electron chi connectivity index (χ0n) is 25.3. The van der Waals surface area contributed by atoms with Crippen LogP contribution in [0.3, 0.4) is 0 Å². The number of ether oxygens (including phenoxy) is 1. The highest BCUT2D eigenvalue weighted by Gasteiger charge is 2.19. The van der Waals surface area contributed by atoms with Crippen molar-refractivity contribution in [2.24, 2.45) is 14.1 Å². The molecule has 1 unspecified atom stereocenters. The SMILES string of the molecule is Cc1cc(C(C)Nc2ccc(C)nc2OC(C)C)c2cc(-c3cnc(-c4ccc(C)c(=O)n4C)nc3)n(C)c(=O)c2c1. The Hall–Kier alpha value is -4.79. The van der Waals surface area contributed by atoms with E-state index in [4.69, 9.17) is 4.74 Å². The van der Waals surface area contributed by atoms with Gasteiger partial charge in [-0.1, -0.05) is 12.1 Å². The van der Waals surface area contributed by atoms with E-state index in [2.05, 4.69) is 33.3 Å². The minimum atomic E-state index is -0.159. The van der Waals surface area contributed by atoms with Crippen molar-refractivity contribution in [3.05, 3.63) is 98.0 Å². The summed E-state index contributed by atoms with van der Waals surface area (Å²) < 4.78 is 9.16. The molecule has 0 radical (unpaired) electrons. The highest BCUT2D eigenvalue weighted by atomic mass is 16.5. The summed E-state index contributed by atoms with van der Waals surface area (Å²) in [7, 11) is 3.46. The van der Waals surface area contributed by atoms with E-state index in [-0.39, 0.29) is 23.3 Å². The molecule has 4 aromatic heterocycles.